The maximum absolute atomic E-state index is 13.3. The molecule has 0 spiro atoms. The van der Waals surface area contributed by atoms with Crippen LogP contribution >= 0.6 is 11.3 Å². The van der Waals surface area contributed by atoms with Crippen molar-refractivity contribution < 1.29 is 14.5 Å². The van der Waals surface area contributed by atoms with Gasteiger partial charge in [0.25, 0.3) is 5.91 Å². The number of nitrogens with zero attached hydrogens (tertiary/aromatic N) is 1. The van der Waals surface area contributed by atoms with Gasteiger partial charge in [0, 0.05) is 37.7 Å². The molecule has 5 nitrogen and oxygen atoms in total. The van der Waals surface area contributed by atoms with Crippen molar-refractivity contribution in [3.8, 4) is 0 Å². The number of nitrogens with one attached hydrogen (secondary N) is 2. The second-order valence-electron chi connectivity index (χ2n) is 7.84. The van der Waals surface area contributed by atoms with Crippen LogP contribution in [0.15, 0.2) is 0 Å². The fraction of sp³-hybridized carbons (Fsp3) is 0.684. The molecule has 1 aliphatic carbocycles. The first-order valence-electron chi connectivity index (χ1n) is 9.37. The maximum Gasteiger partial charge on any atom is 0.257 e. The van der Waals surface area contributed by atoms with Crippen molar-refractivity contribution in [1.82, 2.24) is 4.90 Å². The van der Waals surface area contributed by atoms with E-state index in [4.69, 9.17) is 0 Å². The van der Waals surface area contributed by atoms with Crippen LogP contribution in [0.5, 0.6) is 0 Å². The van der Waals surface area contributed by atoms with Gasteiger partial charge in [-0.15, -0.1) is 11.3 Å². The summed E-state index contributed by atoms with van der Waals surface area (Å²) in [4.78, 5) is 29.7. The van der Waals surface area contributed by atoms with Gasteiger partial charge < -0.3 is 15.1 Å². The molecule has 0 aromatic carbocycles. The average Bonchev–Trinajstić information content (AvgIpc) is 2.90. The molecule has 1 aliphatic heterocycles. The third kappa shape index (κ3) is 3.90. The van der Waals surface area contributed by atoms with E-state index >= 15 is 0 Å². The van der Waals surface area contributed by atoms with Crippen molar-refractivity contribution >= 4 is 28.2 Å². The molecule has 0 unspecified atom stereocenters. The molecule has 1 saturated heterocycles. The first-order valence-corrected chi connectivity index (χ1v) is 10.2. The van der Waals surface area contributed by atoms with Crippen LogP contribution in [0.2, 0.25) is 0 Å². The van der Waals surface area contributed by atoms with Gasteiger partial charge in [-0.3, -0.25) is 9.59 Å². The molecule has 25 heavy (non-hydrogen) atoms. The topological polar surface area (TPSA) is 53.9 Å². The van der Waals surface area contributed by atoms with E-state index in [1.165, 1.54) is 22.3 Å². The van der Waals surface area contributed by atoms with Crippen LogP contribution in [0.3, 0.4) is 0 Å². The number of fused-ring (bicyclic) bond motifs is 1. The second kappa shape index (κ2) is 7.46. The molecule has 0 saturated carbocycles. The first kappa shape index (κ1) is 18.4. The lowest BCUT2D eigenvalue weighted by molar-refractivity contribution is -0.885. The largest absolute Gasteiger partial charge is 0.338 e. The molecule has 1 fully saturated rings. The lowest BCUT2D eigenvalue weighted by atomic mass is 9.88. The van der Waals surface area contributed by atoms with Crippen molar-refractivity contribution in [1.29, 1.82) is 0 Å². The van der Waals surface area contributed by atoms with E-state index in [1.807, 2.05) is 11.9 Å². The van der Waals surface area contributed by atoms with E-state index in [9.17, 15) is 9.59 Å². The lowest BCUT2D eigenvalue weighted by Gasteiger charge is -2.33. The third-order valence-corrected chi connectivity index (χ3v) is 6.86. The molecule has 2 aliphatic rings. The number of piperidine rings is 1. The molecule has 0 radical (unpaired) electrons. The van der Waals surface area contributed by atoms with Crippen LogP contribution in [0, 0.1) is 5.92 Å². The standard InChI is InChI=1S/C19H29N3O2S/c1-12-5-6-15-16(11-12)25-18(20-13(2)23)17(15)19(24)22(4)14-7-9-21(3)10-8-14/h12,14H,5-11H2,1-4H3,(H,20,23)/p+1/t12-/m0/s1. The Bertz CT molecular complexity index is 662. The third-order valence-electron chi connectivity index (χ3n) is 5.69. The van der Waals surface area contributed by atoms with Gasteiger partial charge in [-0.2, -0.15) is 0 Å². The van der Waals surface area contributed by atoms with Crippen molar-refractivity contribution in [2.75, 3.05) is 32.5 Å². The number of thiophene rings is 1. The zero-order valence-corrected chi connectivity index (χ0v) is 16.6. The predicted octanol–water partition coefficient (Wildman–Crippen LogP) is 1.58. The number of amides is 2. The van der Waals surface area contributed by atoms with Gasteiger partial charge in [-0.05, 0) is 30.7 Å². The molecule has 1 aromatic rings. The number of quaternary nitrogens is 1. The Labute approximate surface area is 154 Å². The zero-order chi connectivity index (χ0) is 18.1. The number of carbonyl (C=O) groups excluding carboxylic acids is 2. The highest BCUT2D eigenvalue weighted by Gasteiger charge is 2.33. The number of carbonyl (C=O) groups is 2. The molecule has 6 heteroatoms. The van der Waals surface area contributed by atoms with Gasteiger partial charge in [0.2, 0.25) is 5.91 Å². The van der Waals surface area contributed by atoms with Crippen molar-refractivity contribution in [2.24, 2.45) is 5.92 Å². The molecule has 1 aromatic heterocycles. The number of likely N-dealkylation sites (tertiary alicyclic amines) is 1. The molecule has 2 N–H and O–H groups in total. The minimum Gasteiger partial charge on any atom is -0.338 e. The summed E-state index contributed by atoms with van der Waals surface area (Å²) in [5.41, 5.74) is 1.94. The quantitative estimate of drug-likeness (QED) is 0.856. The molecule has 2 heterocycles. The van der Waals surface area contributed by atoms with Gasteiger partial charge in [0.1, 0.15) is 5.00 Å². The van der Waals surface area contributed by atoms with Crippen molar-refractivity contribution in [2.45, 2.75) is 52.0 Å². The summed E-state index contributed by atoms with van der Waals surface area (Å²) in [5.74, 6) is 0.625. The number of anilines is 1. The Morgan fingerprint density at radius 3 is 2.56 bits per heavy atom. The SMILES string of the molecule is CC(=O)Nc1sc2c(c1C(=O)N(C)C1CC[NH+](C)CC1)CC[C@H](C)C2. The van der Waals surface area contributed by atoms with Crippen LogP contribution in [0.1, 0.15) is 53.9 Å². The fourth-order valence-corrected chi connectivity index (χ4v) is 5.50. The number of hydrogen-bond donors (Lipinski definition) is 2. The minimum absolute atomic E-state index is 0.0837. The molecule has 3 rings (SSSR count). The lowest BCUT2D eigenvalue weighted by Crippen LogP contribution is -3.10. The normalized spacial score (nSPS) is 26.0. The highest BCUT2D eigenvalue weighted by Crippen LogP contribution is 2.40. The molecule has 1 atom stereocenters. The number of hydrogen-bond acceptors (Lipinski definition) is 3. The Balaban J connectivity index is 1.88. The van der Waals surface area contributed by atoms with Gasteiger partial charge >= 0.3 is 0 Å². The smallest absolute Gasteiger partial charge is 0.257 e. The van der Waals surface area contributed by atoms with Crippen LogP contribution < -0.4 is 10.2 Å². The molecule has 0 bridgehead atoms. The highest BCUT2D eigenvalue weighted by molar-refractivity contribution is 7.17. The summed E-state index contributed by atoms with van der Waals surface area (Å²) in [6.45, 7) is 5.99. The summed E-state index contributed by atoms with van der Waals surface area (Å²) in [6, 6.07) is 0.305. The Morgan fingerprint density at radius 1 is 1.24 bits per heavy atom. The van der Waals surface area contributed by atoms with E-state index in [1.54, 1.807) is 11.3 Å². The molecule has 138 valence electrons. The van der Waals surface area contributed by atoms with Gasteiger partial charge in [0.05, 0.1) is 25.7 Å². The van der Waals surface area contributed by atoms with E-state index < -0.39 is 0 Å². The van der Waals surface area contributed by atoms with Crippen molar-refractivity contribution in [3.05, 3.63) is 16.0 Å². The summed E-state index contributed by atoms with van der Waals surface area (Å²) in [5, 5.41) is 3.67. The first-order chi connectivity index (χ1) is 11.9. The van der Waals surface area contributed by atoms with E-state index in [-0.39, 0.29) is 11.8 Å². The van der Waals surface area contributed by atoms with E-state index in [2.05, 4.69) is 19.3 Å². The summed E-state index contributed by atoms with van der Waals surface area (Å²) >= 11 is 1.60. The zero-order valence-electron chi connectivity index (χ0n) is 15.8. The van der Waals surface area contributed by atoms with Crippen LogP contribution in [-0.2, 0) is 17.6 Å². The molecular weight excluding hydrogens is 334 g/mol. The minimum atomic E-state index is -0.105. The van der Waals surface area contributed by atoms with Crippen LogP contribution in [0.25, 0.3) is 0 Å². The van der Waals surface area contributed by atoms with Crippen LogP contribution in [0.4, 0.5) is 5.00 Å². The van der Waals surface area contributed by atoms with Crippen molar-refractivity contribution in [3.63, 3.8) is 0 Å². The Morgan fingerprint density at radius 2 is 1.92 bits per heavy atom. The Hall–Kier alpha value is -1.40. The molecule has 2 amide bonds. The second-order valence-corrected chi connectivity index (χ2v) is 8.95. The van der Waals surface area contributed by atoms with Gasteiger partial charge in [-0.1, -0.05) is 6.92 Å². The predicted molar refractivity (Wildman–Crippen MR) is 102 cm³/mol. The van der Waals surface area contributed by atoms with Crippen LogP contribution in [-0.4, -0.2) is 49.9 Å². The Kier molecular flexibility index (Phi) is 5.49. The van der Waals surface area contributed by atoms with Gasteiger partial charge in [0.15, 0.2) is 0 Å². The fourth-order valence-electron chi connectivity index (χ4n) is 4.05. The molecular formula is C19H30N3O2S+. The van der Waals surface area contributed by atoms with E-state index in [0.29, 0.717) is 12.0 Å². The summed E-state index contributed by atoms with van der Waals surface area (Å²) < 4.78 is 0. The number of rotatable bonds is 3. The summed E-state index contributed by atoms with van der Waals surface area (Å²) in [6.07, 6.45) is 5.17. The monoisotopic (exact) mass is 364 g/mol. The highest BCUT2D eigenvalue weighted by atomic mass is 32.1. The summed E-state index contributed by atoms with van der Waals surface area (Å²) in [7, 11) is 4.14. The maximum atomic E-state index is 13.3. The van der Waals surface area contributed by atoms with E-state index in [0.717, 1.165) is 55.8 Å². The van der Waals surface area contributed by atoms with Gasteiger partial charge in [-0.25, -0.2) is 0 Å². The average molecular weight is 365 g/mol.